The summed E-state index contributed by atoms with van der Waals surface area (Å²) in [5.74, 6) is -0.307. The largest absolute Gasteiger partial charge is 0.379 e. The van der Waals surface area contributed by atoms with E-state index in [4.69, 9.17) is 4.74 Å². The molecule has 0 spiro atoms. The summed E-state index contributed by atoms with van der Waals surface area (Å²) < 4.78 is 21.1. The minimum atomic E-state index is -0.191. The van der Waals surface area contributed by atoms with Gasteiger partial charge in [-0.05, 0) is 25.3 Å². The van der Waals surface area contributed by atoms with Gasteiger partial charge in [-0.25, -0.2) is 4.39 Å². The molecule has 2 N–H and O–H groups in total. The number of carbonyl (C=O) groups excluding carboxylic acids is 1. The van der Waals surface area contributed by atoms with E-state index in [0.29, 0.717) is 24.3 Å². The molecule has 2 aromatic rings. The third-order valence-corrected chi connectivity index (χ3v) is 6.03. The molecule has 1 aromatic carbocycles. The van der Waals surface area contributed by atoms with Crippen LogP contribution in [0.5, 0.6) is 0 Å². The highest BCUT2D eigenvalue weighted by atomic mass is 19.1. The first kappa shape index (κ1) is 21.0. The molecule has 1 amide bonds. The number of fused-ring (bicyclic) bond motifs is 1. The number of morpholine rings is 1. The summed E-state index contributed by atoms with van der Waals surface area (Å²) in [6.45, 7) is 5.21. The predicted octanol–water partition coefficient (Wildman–Crippen LogP) is 1.27. The van der Waals surface area contributed by atoms with Gasteiger partial charge in [-0.2, -0.15) is 5.10 Å². The van der Waals surface area contributed by atoms with Crippen molar-refractivity contribution < 1.29 is 13.9 Å². The Kier molecular flexibility index (Phi) is 6.76. The van der Waals surface area contributed by atoms with Gasteiger partial charge in [-0.1, -0.05) is 18.2 Å². The van der Waals surface area contributed by atoms with Crippen LogP contribution in [0.25, 0.3) is 0 Å². The molecule has 0 bridgehead atoms. The highest BCUT2D eigenvalue weighted by molar-refractivity contribution is 5.94. The molecule has 162 valence electrons. The molecule has 1 saturated heterocycles. The molecule has 0 radical (unpaired) electrons. The number of ether oxygens (including phenoxy) is 1. The number of aryl methyl sites for hydroxylation is 1. The number of hydrogen-bond acceptors (Lipinski definition) is 5. The van der Waals surface area contributed by atoms with E-state index >= 15 is 0 Å². The van der Waals surface area contributed by atoms with Gasteiger partial charge in [0.25, 0.3) is 5.91 Å². The van der Waals surface area contributed by atoms with Crippen LogP contribution in [0.1, 0.15) is 33.7 Å². The number of carbonyl (C=O) groups is 1. The third kappa shape index (κ3) is 4.88. The minimum absolute atomic E-state index is 0.116. The molecule has 1 aliphatic carbocycles. The summed E-state index contributed by atoms with van der Waals surface area (Å²) >= 11 is 0. The summed E-state index contributed by atoms with van der Waals surface area (Å²) in [7, 11) is 1.90. The van der Waals surface area contributed by atoms with Crippen molar-refractivity contribution in [3.63, 3.8) is 0 Å². The Bertz CT molecular complexity index is 878. The van der Waals surface area contributed by atoms with Gasteiger partial charge in [0.2, 0.25) is 0 Å². The average Bonchev–Trinajstić information content (AvgIpc) is 3.10. The van der Waals surface area contributed by atoms with E-state index in [2.05, 4.69) is 20.6 Å². The minimum Gasteiger partial charge on any atom is -0.379 e. The molecule has 1 aromatic heterocycles. The standard InChI is InChI=1S/C22H30FN5O2/c1-27-20-7-6-17(25-15-16-4-2-3-5-19(16)23)14-18(20)21(26-27)22(29)24-8-9-28-10-12-30-13-11-28/h2-5,17,25H,6-15H2,1H3,(H,24,29)/t17-/m0/s1. The lowest BCUT2D eigenvalue weighted by molar-refractivity contribution is 0.0383. The number of hydrogen-bond donors (Lipinski definition) is 2. The third-order valence-electron chi connectivity index (χ3n) is 6.03. The number of nitrogens with one attached hydrogen (secondary N) is 2. The Hall–Kier alpha value is -2.29. The maximum absolute atomic E-state index is 13.9. The molecule has 2 heterocycles. The van der Waals surface area contributed by atoms with Crippen molar-refractivity contribution in [2.45, 2.75) is 31.8 Å². The highest BCUT2D eigenvalue weighted by Gasteiger charge is 2.28. The first-order valence-corrected chi connectivity index (χ1v) is 10.7. The van der Waals surface area contributed by atoms with Crippen molar-refractivity contribution in [1.82, 2.24) is 25.3 Å². The SMILES string of the molecule is Cn1nc(C(=O)NCCN2CCOCC2)c2c1CC[C@H](NCc1ccccc1F)C2. The van der Waals surface area contributed by atoms with E-state index in [-0.39, 0.29) is 17.8 Å². The van der Waals surface area contributed by atoms with Crippen LogP contribution in [-0.4, -0.2) is 66.0 Å². The summed E-state index contributed by atoms with van der Waals surface area (Å²) in [5.41, 5.74) is 3.32. The van der Waals surface area contributed by atoms with E-state index in [1.807, 2.05) is 17.8 Å². The van der Waals surface area contributed by atoms with Crippen LogP contribution in [0.2, 0.25) is 0 Å². The van der Waals surface area contributed by atoms with Crippen LogP contribution < -0.4 is 10.6 Å². The van der Waals surface area contributed by atoms with E-state index in [1.165, 1.54) is 6.07 Å². The van der Waals surface area contributed by atoms with Crippen LogP contribution >= 0.6 is 0 Å². The lowest BCUT2D eigenvalue weighted by Gasteiger charge is -2.26. The van der Waals surface area contributed by atoms with E-state index in [1.54, 1.807) is 12.1 Å². The van der Waals surface area contributed by atoms with Crippen molar-refractivity contribution in [2.24, 2.45) is 7.05 Å². The number of amides is 1. The Morgan fingerprint density at radius 2 is 2.10 bits per heavy atom. The zero-order valence-corrected chi connectivity index (χ0v) is 17.5. The Labute approximate surface area is 176 Å². The van der Waals surface area contributed by atoms with E-state index in [9.17, 15) is 9.18 Å². The average molecular weight is 416 g/mol. The van der Waals surface area contributed by atoms with Gasteiger partial charge in [-0.15, -0.1) is 0 Å². The molecule has 0 saturated carbocycles. The zero-order valence-electron chi connectivity index (χ0n) is 17.5. The first-order chi connectivity index (χ1) is 14.6. The molecular weight excluding hydrogens is 385 g/mol. The molecule has 4 rings (SSSR count). The second-order valence-electron chi connectivity index (χ2n) is 8.02. The van der Waals surface area contributed by atoms with Gasteiger partial charge in [0.15, 0.2) is 5.69 Å². The van der Waals surface area contributed by atoms with E-state index < -0.39 is 0 Å². The van der Waals surface area contributed by atoms with Crippen molar-refractivity contribution in [3.05, 3.63) is 52.6 Å². The Morgan fingerprint density at radius 3 is 2.90 bits per heavy atom. The Balaban J connectivity index is 1.35. The molecule has 0 unspecified atom stereocenters. The van der Waals surface area contributed by atoms with Crippen LogP contribution in [0, 0.1) is 5.82 Å². The van der Waals surface area contributed by atoms with Crippen LogP contribution in [0.4, 0.5) is 4.39 Å². The van der Waals surface area contributed by atoms with Gasteiger partial charge in [-0.3, -0.25) is 14.4 Å². The smallest absolute Gasteiger partial charge is 0.272 e. The quantitative estimate of drug-likeness (QED) is 0.713. The van der Waals surface area contributed by atoms with Crippen LogP contribution in [-0.2, 0) is 31.2 Å². The topological polar surface area (TPSA) is 71.4 Å². The van der Waals surface area contributed by atoms with Crippen LogP contribution in [0.3, 0.4) is 0 Å². The molecule has 1 aliphatic heterocycles. The van der Waals surface area contributed by atoms with Gasteiger partial charge in [0.1, 0.15) is 5.82 Å². The van der Waals surface area contributed by atoms with Gasteiger partial charge in [0.05, 0.1) is 13.2 Å². The zero-order chi connectivity index (χ0) is 20.9. The maximum Gasteiger partial charge on any atom is 0.272 e. The van der Waals surface area contributed by atoms with Gasteiger partial charge in [0, 0.05) is 62.6 Å². The van der Waals surface area contributed by atoms with E-state index in [0.717, 1.165) is 63.4 Å². The fraction of sp³-hybridized carbons (Fsp3) is 0.545. The highest BCUT2D eigenvalue weighted by Crippen LogP contribution is 2.24. The molecule has 7 nitrogen and oxygen atoms in total. The fourth-order valence-corrected chi connectivity index (χ4v) is 4.28. The van der Waals surface area contributed by atoms with Crippen molar-refractivity contribution in [2.75, 3.05) is 39.4 Å². The van der Waals surface area contributed by atoms with Gasteiger partial charge < -0.3 is 15.4 Å². The summed E-state index contributed by atoms with van der Waals surface area (Å²) in [6, 6.07) is 7.02. The number of halogens is 1. The number of nitrogens with zero attached hydrogens (tertiary/aromatic N) is 3. The molecule has 1 atom stereocenters. The first-order valence-electron chi connectivity index (χ1n) is 10.7. The fourth-order valence-electron chi connectivity index (χ4n) is 4.28. The van der Waals surface area contributed by atoms with Crippen molar-refractivity contribution >= 4 is 5.91 Å². The van der Waals surface area contributed by atoms with Crippen molar-refractivity contribution in [3.8, 4) is 0 Å². The molecule has 8 heteroatoms. The number of benzene rings is 1. The second-order valence-corrected chi connectivity index (χ2v) is 8.02. The summed E-state index contributed by atoms with van der Waals surface area (Å²) in [6.07, 6.45) is 2.53. The number of aromatic nitrogens is 2. The number of rotatable bonds is 7. The molecule has 30 heavy (non-hydrogen) atoms. The summed E-state index contributed by atoms with van der Waals surface area (Å²) in [5, 5.41) is 11.0. The second kappa shape index (κ2) is 9.68. The molecular formula is C22H30FN5O2. The predicted molar refractivity (Wildman–Crippen MR) is 112 cm³/mol. The monoisotopic (exact) mass is 415 g/mol. The molecule has 1 fully saturated rings. The Morgan fingerprint density at radius 1 is 1.30 bits per heavy atom. The lowest BCUT2D eigenvalue weighted by Crippen LogP contribution is -2.41. The van der Waals surface area contributed by atoms with Gasteiger partial charge >= 0.3 is 0 Å². The summed E-state index contributed by atoms with van der Waals surface area (Å²) in [4.78, 5) is 15.1. The normalized spacial score (nSPS) is 19.5. The van der Waals surface area contributed by atoms with Crippen LogP contribution in [0.15, 0.2) is 24.3 Å². The van der Waals surface area contributed by atoms with Crippen molar-refractivity contribution in [1.29, 1.82) is 0 Å². The molecule has 2 aliphatic rings. The lowest BCUT2D eigenvalue weighted by atomic mass is 9.91. The maximum atomic E-state index is 13.9.